The summed E-state index contributed by atoms with van der Waals surface area (Å²) in [5.74, 6) is -0.496. The first kappa shape index (κ1) is 14.9. The van der Waals surface area contributed by atoms with Crippen LogP contribution in [0.4, 0.5) is 5.69 Å². The predicted octanol–water partition coefficient (Wildman–Crippen LogP) is 3.41. The lowest BCUT2D eigenvalue weighted by Crippen LogP contribution is -2.28. The van der Waals surface area contributed by atoms with E-state index >= 15 is 0 Å². The Morgan fingerprint density at radius 3 is 2.73 bits per heavy atom. The number of carbonyl (C=O) groups excluding carboxylic acids is 1. The van der Waals surface area contributed by atoms with Gasteiger partial charge in [-0.3, -0.25) is 10.0 Å². The quantitative estimate of drug-likeness (QED) is 0.674. The van der Waals surface area contributed by atoms with Gasteiger partial charge >= 0.3 is 0 Å². The molecule has 2 aromatic carbocycles. The van der Waals surface area contributed by atoms with E-state index in [4.69, 9.17) is 16.8 Å². The molecule has 1 aliphatic heterocycles. The van der Waals surface area contributed by atoms with Crippen molar-refractivity contribution in [2.75, 3.05) is 11.4 Å². The number of nitrogens with zero attached hydrogens (tertiary/aromatic N) is 1. The molecular formula is C17H17ClN2O2. The summed E-state index contributed by atoms with van der Waals surface area (Å²) in [7, 11) is 0. The molecule has 0 aromatic heterocycles. The first-order chi connectivity index (χ1) is 10.7. The molecule has 0 spiro atoms. The number of fused-ring (bicyclic) bond motifs is 1. The highest BCUT2D eigenvalue weighted by Gasteiger charge is 2.17. The smallest absolute Gasteiger partial charge is 0.274 e. The number of hydrogen-bond acceptors (Lipinski definition) is 3. The summed E-state index contributed by atoms with van der Waals surface area (Å²) in [4.78, 5) is 13.7. The molecule has 2 aromatic rings. The number of aryl methyl sites for hydroxylation is 1. The van der Waals surface area contributed by atoms with Crippen molar-refractivity contribution in [3.8, 4) is 0 Å². The van der Waals surface area contributed by atoms with Crippen LogP contribution in [0.2, 0.25) is 5.02 Å². The van der Waals surface area contributed by atoms with Crippen LogP contribution in [-0.2, 0) is 13.0 Å². The molecule has 5 heteroatoms. The van der Waals surface area contributed by atoms with Crippen molar-refractivity contribution in [3.05, 3.63) is 64.2 Å². The van der Waals surface area contributed by atoms with Gasteiger partial charge in [0.25, 0.3) is 5.91 Å². The number of carbonyl (C=O) groups is 1. The number of benzene rings is 2. The fraction of sp³-hybridized carbons (Fsp3) is 0.235. The zero-order chi connectivity index (χ0) is 15.5. The van der Waals surface area contributed by atoms with Crippen LogP contribution in [0.1, 0.15) is 27.9 Å². The summed E-state index contributed by atoms with van der Waals surface area (Å²) >= 11 is 6.07. The van der Waals surface area contributed by atoms with Crippen molar-refractivity contribution in [2.45, 2.75) is 19.4 Å². The van der Waals surface area contributed by atoms with Crippen molar-refractivity contribution >= 4 is 23.2 Å². The minimum absolute atomic E-state index is 0.442. The minimum Gasteiger partial charge on any atom is -0.367 e. The van der Waals surface area contributed by atoms with Gasteiger partial charge in [-0.15, -0.1) is 0 Å². The molecule has 3 rings (SSSR count). The van der Waals surface area contributed by atoms with Crippen molar-refractivity contribution in [3.63, 3.8) is 0 Å². The molecule has 1 heterocycles. The number of rotatable bonds is 3. The maximum Gasteiger partial charge on any atom is 0.274 e. The number of nitrogens with one attached hydrogen (secondary N) is 1. The summed E-state index contributed by atoms with van der Waals surface area (Å²) in [6.07, 6.45) is 2.17. The van der Waals surface area contributed by atoms with Crippen molar-refractivity contribution in [1.29, 1.82) is 0 Å². The highest BCUT2D eigenvalue weighted by Crippen LogP contribution is 2.30. The Hall–Kier alpha value is -2.04. The highest BCUT2D eigenvalue weighted by atomic mass is 35.5. The van der Waals surface area contributed by atoms with Crippen LogP contribution in [0, 0.1) is 0 Å². The number of anilines is 1. The van der Waals surface area contributed by atoms with E-state index in [0.29, 0.717) is 5.56 Å². The Morgan fingerprint density at radius 2 is 2.00 bits per heavy atom. The Kier molecular flexibility index (Phi) is 4.32. The lowest BCUT2D eigenvalue weighted by Gasteiger charge is -2.31. The summed E-state index contributed by atoms with van der Waals surface area (Å²) in [5, 5.41) is 9.41. The molecule has 0 bridgehead atoms. The van der Waals surface area contributed by atoms with E-state index in [-0.39, 0.29) is 0 Å². The summed E-state index contributed by atoms with van der Waals surface area (Å²) in [6.45, 7) is 1.79. The molecule has 0 saturated carbocycles. The third-order valence-electron chi connectivity index (χ3n) is 3.95. The maximum atomic E-state index is 11.3. The van der Waals surface area contributed by atoms with E-state index in [2.05, 4.69) is 11.0 Å². The highest BCUT2D eigenvalue weighted by molar-refractivity contribution is 6.30. The third-order valence-corrected chi connectivity index (χ3v) is 4.18. The minimum atomic E-state index is -0.496. The molecule has 1 aliphatic rings. The Morgan fingerprint density at radius 1 is 1.23 bits per heavy atom. The van der Waals surface area contributed by atoms with E-state index in [1.807, 2.05) is 24.3 Å². The molecule has 2 N–H and O–H groups in total. The molecular weight excluding hydrogens is 300 g/mol. The van der Waals surface area contributed by atoms with E-state index in [0.717, 1.165) is 36.5 Å². The molecule has 1 amide bonds. The van der Waals surface area contributed by atoms with Gasteiger partial charge in [-0.1, -0.05) is 23.7 Å². The molecule has 0 atom stereocenters. The van der Waals surface area contributed by atoms with Crippen LogP contribution in [0.15, 0.2) is 42.5 Å². The largest absolute Gasteiger partial charge is 0.367 e. The van der Waals surface area contributed by atoms with Crippen LogP contribution in [0.5, 0.6) is 0 Å². The van der Waals surface area contributed by atoms with Gasteiger partial charge in [-0.25, -0.2) is 5.48 Å². The summed E-state index contributed by atoms with van der Waals surface area (Å²) < 4.78 is 0. The Balaban J connectivity index is 1.78. The zero-order valence-corrected chi connectivity index (χ0v) is 12.8. The maximum absolute atomic E-state index is 11.3. The second-order valence-corrected chi connectivity index (χ2v) is 5.87. The normalized spacial score (nSPS) is 13.6. The average molecular weight is 317 g/mol. The molecule has 4 nitrogen and oxygen atoms in total. The number of halogens is 1. The third kappa shape index (κ3) is 3.08. The first-order valence-corrected chi connectivity index (χ1v) is 7.62. The van der Waals surface area contributed by atoms with Gasteiger partial charge in [0.2, 0.25) is 0 Å². The lowest BCUT2D eigenvalue weighted by molar-refractivity contribution is 0.0706. The second-order valence-electron chi connectivity index (χ2n) is 5.44. The van der Waals surface area contributed by atoms with Crippen LogP contribution >= 0.6 is 11.6 Å². The van der Waals surface area contributed by atoms with Gasteiger partial charge in [0.1, 0.15) is 0 Å². The van der Waals surface area contributed by atoms with Gasteiger partial charge in [0.05, 0.1) is 0 Å². The van der Waals surface area contributed by atoms with Crippen molar-refractivity contribution in [2.24, 2.45) is 0 Å². The average Bonchev–Trinajstić information content (AvgIpc) is 2.55. The lowest BCUT2D eigenvalue weighted by atomic mass is 10.0. The number of hydrogen-bond donors (Lipinski definition) is 2. The van der Waals surface area contributed by atoms with E-state index < -0.39 is 5.91 Å². The predicted molar refractivity (Wildman–Crippen MR) is 86.5 cm³/mol. The van der Waals surface area contributed by atoms with Crippen LogP contribution < -0.4 is 10.4 Å². The van der Waals surface area contributed by atoms with E-state index in [1.165, 1.54) is 11.3 Å². The molecule has 114 valence electrons. The standard InChI is InChI=1S/C17H17ClN2O2/c18-15-7-8-16-14(10-15)2-1-9-20(16)11-12-3-5-13(6-4-12)17(21)19-22/h3-8,10,22H,1-2,9,11H2,(H,19,21). The van der Waals surface area contributed by atoms with Gasteiger partial charge in [-0.05, 0) is 54.3 Å². The van der Waals surface area contributed by atoms with Gasteiger partial charge in [0, 0.05) is 29.4 Å². The molecule has 0 fully saturated rings. The van der Waals surface area contributed by atoms with E-state index in [9.17, 15) is 4.79 Å². The fourth-order valence-corrected chi connectivity index (χ4v) is 3.05. The summed E-state index contributed by atoms with van der Waals surface area (Å²) in [6, 6.07) is 13.3. The molecule has 22 heavy (non-hydrogen) atoms. The summed E-state index contributed by atoms with van der Waals surface area (Å²) in [5.41, 5.74) is 5.72. The van der Waals surface area contributed by atoms with Crippen LogP contribution in [-0.4, -0.2) is 17.7 Å². The Bertz CT molecular complexity index is 686. The SMILES string of the molecule is O=C(NO)c1ccc(CN2CCCc3cc(Cl)ccc32)cc1. The number of amides is 1. The van der Waals surface area contributed by atoms with Crippen molar-refractivity contribution in [1.82, 2.24) is 5.48 Å². The monoisotopic (exact) mass is 316 g/mol. The molecule has 0 aliphatic carbocycles. The fourth-order valence-electron chi connectivity index (χ4n) is 2.85. The van der Waals surface area contributed by atoms with Gasteiger partial charge in [-0.2, -0.15) is 0 Å². The second kappa shape index (κ2) is 6.38. The topological polar surface area (TPSA) is 52.6 Å². The molecule has 0 unspecified atom stereocenters. The zero-order valence-electron chi connectivity index (χ0n) is 12.1. The first-order valence-electron chi connectivity index (χ1n) is 7.24. The van der Waals surface area contributed by atoms with Gasteiger partial charge in [0.15, 0.2) is 0 Å². The Labute approximate surface area is 134 Å². The van der Waals surface area contributed by atoms with Crippen LogP contribution in [0.25, 0.3) is 0 Å². The molecule has 0 saturated heterocycles. The van der Waals surface area contributed by atoms with Gasteiger partial charge < -0.3 is 4.90 Å². The molecule has 0 radical (unpaired) electrons. The van der Waals surface area contributed by atoms with Crippen molar-refractivity contribution < 1.29 is 10.0 Å². The van der Waals surface area contributed by atoms with E-state index in [1.54, 1.807) is 17.6 Å². The van der Waals surface area contributed by atoms with Crippen LogP contribution in [0.3, 0.4) is 0 Å². The number of hydroxylamine groups is 1.